The lowest BCUT2D eigenvalue weighted by Crippen LogP contribution is -2.56. The van der Waals surface area contributed by atoms with Crippen LogP contribution in [-0.2, 0) is 0 Å². The van der Waals surface area contributed by atoms with Crippen LogP contribution in [0.2, 0.25) is 5.02 Å². The van der Waals surface area contributed by atoms with E-state index < -0.39 is 0 Å². The van der Waals surface area contributed by atoms with Crippen molar-refractivity contribution in [2.75, 3.05) is 18.0 Å². The van der Waals surface area contributed by atoms with Crippen molar-refractivity contribution in [1.29, 1.82) is 0 Å². The SMILES string of the molecule is CCC1CNC(CC(C)C)CN1c1ccc(F)cc1Cl. The van der Waals surface area contributed by atoms with Crippen LogP contribution in [0.15, 0.2) is 18.2 Å². The van der Waals surface area contributed by atoms with Gasteiger partial charge < -0.3 is 10.2 Å². The van der Waals surface area contributed by atoms with Gasteiger partial charge >= 0.3 is 0 Å². The summed E-state index contributed by atoms with van der Waals surface area (Å²) in [5.74, 6) is 0.386. The second-order valence-corrected chi connectivity index (χ2v) is 6.45. The van der Waals surface area contributed by atoms with E-state index >= 15 is 0 Å². The minimum absolute atomic E-state index is 0.277. The molecule has 2 atom stereocenters. The fourth-order valence-corrected chi connectivity index (χ4v) is 3.24. The summed E-state index contributed by atoms with van der Waals surface area (Å²) in [6, 6.07) is 5.59. The highest BCUT2D eigenvalue weighted by molar-refractivity contribution is 6.33. The van der Waals surface area contributed by atoms with Crippen LogP contribution in [0.25, 0.3) is 0 Å². The van der Waals surface area contributed by atoms with E-state index in [4.69, 9.17) is 11.6 Å². The first kappa shape index (κ1) is 15.6. The normalized spacial score (nSPS) is 23.4. The molecule has 0 amide bonds. The van der Waals surface area contributed by atoms with E-state index in [2.05, 4.69) is 31.0 Å². The van der Waals surface area contributed by atoms with E-state index in [-0.39, 0.29) is 5.82 Å². The highest BCUT2D eigenvalue weighted by atomic mass is 35.5. The minimum atomic E-state index is -0.277. The van der Waals surface area contributed by atoms with Gasteiger partial charge in [0.1, 0.15) is 5.82 Å². The summed E-state index contributed by atoms with van der Waals surface area (Å²) in [5.41, 5.74) is 0.954. The molecule has 0 spiro atoms. The minimum Gasteiger partial charge on any atom is -0.365 e. The van der Waals surface area contributed by atoms with Crippen LogP contribution in [0.5, 0.6) is 0 Å². The summed E-state index contributed by atoms with van der Waals surface area (Å²) in [4.78, 5) is 2.34. The lowest BCUT2D eigenvalue weighted by atomic mass is 9.98. The molecule has 2 rings (SSSR count). The molecule has 0 radical (unpaired) electrons. The van der Waals surface area contributed by atoms with E-state index in [0.717, 1.165) is 31.6 Å². The van der Waals surface area contributed by atoms with Crippen molar-refractivity contribution in [3.8, 4) is 0 Å². The molecular formula is C16H24ClFN2. The first-order chi connectivity index (χ1) is 9.51. The van der Waals surface area contributed by atoms with Gasteiger partial charge in [-0.05, 0) is 37.0 Å². The smallest absolute Gasteiger partial charge is 0.124 e. The number of halogens is 2. The average Bonchev–Trinajstić information content (AvgIpc) is 2.38. The van der Waals surface area contributed by atoms with Crippen LogP contribution in [0.3, 0.4) is 0 Å². The lowest BCUT2D eigenvalue weighted by Gasteiger charge is -2.42. The van der Waals surface area contributed by atoms with Gasteiger partial charge in [0.2, 0.25) is 0 Å². The number of benzene rings is 1. The summed E-state index contributed by atoms with van der Waals surface area (Å²) in [6.07, 6.45) is 2.20. The predicted molar refractivity (Wildman–Crippen MR) is 84.1 cm³/mol. The van der Waals surface area contributed by atoms with Crippen molar-refractivity contribution >= 4 is 17.3 Å². The largest absolute Gasteiger partial charge is 0.365 e. The van der Waals surface area contributed by atoms with Crippen molar-refractivity contribution in [2.24, 2.45) is 5.92 Å². The Kier molecular flexibility index (Phi) is 5.28. The van der Waals surface area contributed by atoms with Crippen LogP contribution in [-0.4, -0.2) is 25.2 Å². The molecule has 1 N–H and O–H groups in total. The molecule has 4 heteroatoms. The molecule has 0 aliphatic carbocycles. The average molecular weight is 299 g/mol. The third-order valence-corrected chi connectivity index (χ3v) is 4.25. The molecule has 1 aromatic carbocycles. The molecule has 1 aromatic rings. The van der Waals surface area contributed by atoms with Gasteiger partial charge in [0, 0.05) is 25.2 Å². The Morgan fingerprint density at radius 1 is 1.45 bits per heavy atom. The molecule has 0 bridgehead atoms. The number of nitrogens with one attached hydrogen (secondary N) is 1. The van der Waals surface area contributed by atoms with Crippen LogP contribution in [0, 0.1) is 11.7 Å². The fourth-order valence-electron chi connectivity index (χ4n) is 2.96. The van der Waals surface area contributed by atoms with Crippen LogP contribution in [0.4, 0.5) is 10.1 Å². The molecule has 20 heavy (non-hydrogen) atoms. The summed E-state index contributed by atoms with van der Waals surface area (Å²) in [7, 11) is 0. The van der Waals surface area contributed by atoms with E-state index in [1.807, 2.05) is 0 Å². The molecule has 2 unspecified atom stereocenters. The van der Waals surface area contributed by atoms with E-state index in [1.54, 1.807) is 6.07 Å². The first-order valence-electron chi connectivity index (χ1n) is 7.46. The molecule has 1 saturated heterocycles. The Hall–Kier alpha value is -0.800. The maximum Gasteiger partial charge on any atom is 0.124 e. The van der Waals surface area contributed by atoms with Gasteiger partial charge in [-0.2, -0.15) is 0 Å². The number of piperazine rings is 1. The quantitative estimate of drug-likeness (QED) is 0.901. The van der Waals surface area contributed by atoms with Gasteiger partial charge in [-0.15, -0.1) is 0 Å². The zero-order valence-electron chi connectivity index (χ0n) is 12.5. The Bertz CT molecular complexity index is 450. The van der Waals surface area contributed by atoms with Crippen molar-refractivity contribution < 1.29 is 4.39 Å². The first-order valence-corrected chi connectivity index (χ1v) is 7.84. The second kappa shape index (κ2) is 6.77. The second-order valence-electron chi connectivity index (χ2n) is 6.04. The highest BCUT2D eigenvalue weighted by Crippen LogP contribution is 2.30. The third kappa shape index (κ3) is 3.64. The zero-order valence-corrected chi connectivity index (χ0v) is 13.3. The highest BCUT2D eigenvalue weighted by Gasteiger charge is 2.28. The van der Waals surface area contributed by atoms with E-state index in [9.17, 15) is 4.39 Å². The van der Waals surface area contributed by atoms with E-state index in [1.165, 1.54) is 12.1 Å². The molecule has 0 aromatic heterocycles. The standard InChI is InChI=1S/C16H24ClFN2/c1-4-14-9-19-13(7-11(2)3)10-20(14)16-6-5-12(18)8-15(16)17/h5-6,8,11,13-14,19H,4,7,9-10H2,1-3H3. The number of hydrogen-bond acceptors (Lipinski definition) is 2. The van der Waals surface area contributed by atoms with Crippen molar-refractivity contribution in [1.82, 2.24) is 5.32 Å². The molecule has 1 fully saturated rings. The summed E-state index contributed by atoms with van der Waals surface area (Å²) in [6.45, 7) is 8.55. The molecular weight excluding hydrogens is 275 g/mol. The van der Waals surface area contributed by atoms with Crippen LogP contribution in [0.1, 0.15) is 33.6 Å². The molecule has 0 saturated carbocycles. The van der Waals surface area contributed by atoms with Gasteiger partial charge in [0.15, 0.2) is 0 Å². The van der Waals surface area contributed by atoms with Crippen molar-refractivity contribution in [3.63, 3.8) is 0 Å². The summed E-state index contributed by atoms with van der Waals surface area (Å²) >= 11 is 6.24. The number of hydrogen-bond donors (Lipinski definition) is 1. The molecule has 112 valence electrons. The Balaban J connectivity index is 2.20. The monoisotopic (exact) mass is 298 g/mol. The van der Waals surface area contributed by atoms with Gasteiger partial charge in [-0.25, -0.2) is 4.39 Å². The van der Waals surface area contributed by atoms with Gasteiger partial charge in [0.05, 0.1) is 10.7 Å². The number of nitrogens with zero attached hydrogens (tertiary/aromatic N) is 1. The van der Waals surface area contributed by atoms with Gasteiger partial charge in [-0.3, -0.25) is 0 Å². The van der Waals surface area contributed by atoms with Crippen LogP contribution >= 0.6 is 11.6 Å². The number of rotatable bonds is 4. The summed E-state index contributed by atoms with van der Waals surface area (Å²) in [5, 5.41) is 4.13. The zero-order chi connectivity index (χ0) is 14.7. The van der Waals surface area contributed by atoms with Gasteiger partial charge in [0.25, 0.3) is 0 Å². The topological polar surface area (TPSA) is 15.3 Å². The Labute approximate surface area is 126 Å². The molecule has 1 aliphatic rings. The van der Waals surface area contributed by atoms with E-state index in [0.29, 0.717) is 23.0 Å². The van der Waals surface area contributed by atoms with Crippen LogP contribution < -0.4 is 10.2 Å². The third-order valence-electron chi connectivity index (χ3n) is 3.95. The molecule has 1 heterocycles. The number of anilines is 1. The summed E-state index contributed by atoms with van der Waals surface area (Å²) < 4.78 is 13.2. The van der Waals surface area contributed by atoms with Gasteiger partial charge in [-0.1, -0.05) is 32.4 Å². The Morgan fingerprint density at radius 2 is 2.20 bits per heavy atom. The Morgan fingerprint density at radius 3 is 2.80 bits per heavy atom. The maximum atomic E-state index is 13.2. The predicted octanol–water partition coefficient (Wildman–Crippen LogP) is 4.08. The lowest BCUT2D eigenvalue weighted by molar-refractivity contribution is 0.343. The molecule has 2 nitrogen and oxygen atoms in total. The van der Waals surface area contributed by atoms with Crippen molar-refractivity contribution in [3.05, 3.63) is 29.0 Å². The van der Waals surface area contributed by atoms with Crippen molar-refractivity contribution in [2.45, 2.75) is 45.7 Å². The fraction of sp³-hybridized carbons (Fsp3) is 0.625. The maximum absolute atomic E-state index is 13.2. The molecule has 1 aliphatic heterocycles.